The molecule has 2 aromatic rings. The van der Waals surface area contributed by atoms with Crippen molar-refractivity contribution in [2.45, 2.75) is 40.2 Å². The lowest BCUT2D eigenvalue weighted by atomic mass is 10.0. The Kier molecular flexibility index (Phi) is 4.97. The highest BCUT2D eigenvalue weighted by Crippen LogP contribution is 2.20. The molecule has 1 aromatic carbocycles. The number of nitrogens with one attached hydrogen (secondary N) is 1. The molecule has 2 rings (SSSR count). The minimum atomic E-state index is 0.700. The Bertz CT molecular complexity index is 516. The molecule has 3 heteroatoms. The first kappa shape index (κ1) is 14.1. The predicted octanol–water partition coefficient (Wildman–Crippen LogP) is 3.23. The zero-order valence-corrected chi connectivity index (χ0v) is 12.3. The zero-order chi connectivity index (χ0) is 13.7. The highest BCUT2D eigenvalue weighted by Gasteiger charge is 2.10. The molecule has 1 N–H and O–H groups in total. The third-order valence-electron chi connectivity index (χ3n) is 3.65. The number of rotatable bonds is 7. The molecule has 0 amide bonds. The van der Waals surface area contributed by atoms with Crippen molar-refractivity contribution in [3.05, 3.63) is 30.0 Å². The van der Waals surface area contributed by atoms with E-state index in [-0.39, 0.29) is 0 Å². The number of nitrogens with zero attached hydrogens (tertiary/aromatic N) is 2. The quantitative estimate of drug-likeness (QED) is 0.827. The van der Waals surface area contributed by atoms with Gasteiger partial charge in [-0.05, 0) is 44.8 Å². The van der Waals surface area contributed by atoms with E-state index in [0.29, 0.717) is 5.92 Å². The van der Waals surface area contributed by atoms with Gasteiger partial charge >= 0.3 is 0 Å². The summed E-state index contributed by atoms with van der Waals surface area (Å²) < 4.78 is 2.11. The fourth-order valence-electron chi connectivity index (χ4n) is 2.50. The van der Waals surface area contributed by atoms with E-state index >= 15 is 0 Å². The van der Waals surface area contributed by atoms with E-state index < -0.39 is 0 Å². The normalized spacial score (nSPS) is 13.0. The molecule has 104 valence electrons. The van der Waals surface area contributed by atoms with Crippen LogP contribution in [-0.4, -0.2) is 22.9 Å². The second-order valence-electron chi connectivity index (χ2n) is 5.23. The molecule has 0 bridgehead atoms. The van der Waals surface area contributed by atoms with E-state index in [4.69, 9.17) is 5.10 Å². The molecule has 0 aliphatic carbocycles. The van der Waals surface area contributed by atoms with Crippen molar-refractivity contribution in [1.29, 1.82) is 0 Å². The van der Waals surface area contributed by atoms with Gasteiger partial charge in [-0.1, -0.05) is 32.0 Å². The van der Waals surface area contributed by atoms with Gasteiger partial charge in [0.2, 0.25) is 0 Å². The molecule has 0 saturated carbocycles. The number of hydrogen-bond donors (Lipinski definition) is 1. The first-order valence-corrected chi connectivity index (χ1v) is 7.41. The van der Waals surface area contributed by atoms with Crippen molar-refractivity contribution in [2.24, 2.45) is 5.92 Å². The summed E-state index contributed by atoms with van der Waals surface area (Å²) >= 11 is 0. The molecule has 1 aromatic heterocycles. The number of benzene rings is 1. The van der Waals surface area contributed by atoms with Gasteiger partial charge in [-0.25, -0.2) is 0 Å². The number of aromatic nitrogens is 2. The molecule has 0 radical (unpaired) electrons. The van der Waals surface area contributed by atoms with Crippen molar-refractivity contribution in [3.8, 4) is 0 Å². The summed E-state index contributed by atoms with van der Waals surface area (Å²) in [6, 6.07) is 8.56. The maximum atomic E-state index is 4.76. The fourth-order valence-corrected chi connectivity index (χ4v) is 2.50. The molecule has 1 heterocycles. The van der Waals surface area contributed by atoms with Gasteiger partial charge in [-0.15, -0.1) is 0 Å². The molecule has 0 saturated heterocycles. The lowest BCUT2D eigenvalue weighted by Gasteiger charge is -2.10. The third kappa shape index (κ3) is 3.35. The average molecular weight is 259 g/mol. The van der Waals surface area contributed by atoms with Crippen LogP contribution >= 0.6 is 0 Å². The fraction of sp³-hybridized carbons (Fsp3) is 0.562. The maximum absolute atomic E-state index is 4.76. The van der Waals surface area contributed by atoms with Gasteiger partial charge in [0.1, 0.15) is 0 Å². The van der Waals surface area contributed by atoms with Crippen LogP contribution in [0.5, 0.6) is 0 Å². The van der Waals surface area contributed by atoms with Crippen LogP contribution in [-0.2, 0) is 13.0 Å². The monoisotopic (exact) mass is 259 g/mol. The van der Waals surface area contributed by atoms with E-state index in [2.05, 4.69) is 55.0 Å². The van der Waals surface area contributed by atoms with E-state index in [0.717, 1.165) is 26.1 Å². The molecule has 0 spiro atoms. The molecular weight excluding hydrogens is 234 g/mol. The van der Waals surface area contributed by atoms with Crippen molar-refractivity contribution >= 4 is 10.9 Å². The summed E-state index contributed by atoms with van der Waals surface area (Å²) in [5, 5.41) is 9.49. The number of fused-ring (bicyclic) bond motifs is 1. The SMILES string of the molecule is CCNCC(C)CCc1nn(CC)c2ccccc12. The van der Waals surface area contributed by atoms with Gasteiger partial charge in [0, 0.05) is 11.9 Å². The lowest BCUT2D eigenvalue weighted by molar-refractivity contribution is 0.485. The Balaban J connectivity index is 2.08. The largest absolute Gasteiger partial charge is 0.317 e. The Hall–Kier alpha value is -1.35. The van der Waals surface area contributed by atoms with Gasteiger partial charge in [0.15, 0.2) is 0 Å². The Morgan fingerprint density at radius 3 is 2.79 bits per heavy atom. The minimum absolute atomic E-state index is 0.700. The van der Waals surface area contributed by atoms with Crippen molar-refractivity contribution in [1.82, 2.24) is 15.1 Å². The summed E-state index contributed by atoms with van der Waals surface area (Å²) in [6.07, 6.45) is 2.26. The van der Waals surface area contributed by atoms with Gasteiger partial charge in [-0.2, -0.15) is 5.10 Å². The van der Waals surface area contributed by atoms with Crippen LogP contribution in [0.4, 0.5) is 0 Å². The second-order valence-corrected chi connectivity index (χ2v) is 5.23. The number of para-hydroxylation sites is 1. The van der Waals surface area contributed by atoms with Gasteiger partial charge in [0.05, 0.1) is 11.2 Å². The van der Waals surface area contributed by atoms with Crippen LogP contribution in [0.1, 0.15) is 32.9 Å². The average Bonchev–Trinajstić information content (AvgIpc) is 2.81. The minimum Gasteiger partial charge on any atom is -0.317 e. The van der Waals surface area contributed by atoms with Crippen LogP contribution in [0.15, 0.2) is 24.3 Å². The van der Waals surface area contributed by atoms with Crippen LogP contribution < -0.4 is 5.32 Å². The molecular formula is C16H25N3. The summed E-state index contributed by atoms with van der Waals surface area (Å²) in [5.41, 5.74) is 2.51. The number of hydrogen-bond acceptors (Lipinski definition) is 2. The van der Waals surface area contributed by atoms with Crippen LogP contribution in [0, 0.1) is 5.92 Å². The van der Waals surface area contributed by atoms with Crippen LogP contribution in [0.2, 0.25) is 0 Å². The molecule has 3 nitrogen and oxygen atoms in total. The first-order valence-electron chi connectivity index (χ1n) is 7.41. The third-order valence-corrected chi connectivity index (χ3v) is 3.65. The van der Waals surface area contributed by atoms with Gasteiger partial charge in [-0.3, -0.25) is 4.68 Å². The number of aryl methyl sites for hydroxylation is 2. The van der Waals surface area contributed by atoms with Crippen molar-refractivity contribution in [3.63, 3.8) is 0 Å². The van der Waals surface area contributed by atoms with Gasteiger partial charge < -0.3 is 5.32 Å². The van der Waals surface area contributed by atoms with Crippen molar-refractivity contribution < 1.29 is 0 Å². The Morgan fingerprint density at radius 1 is 1.26 bits per heavy atom. The predicted molar refractivity (Wildman–Crippen MR) is 81.4 cm³/mol. The van der Waals surface area contributed by atoms with Crippen LogP contribution in [0.3, 0.4) is 0 Å². The first-order chi connectivity index (χ1) is 9.26. The Morgan fingerprint density at radius 2 is 2.05 bits per heavy atom. The van der Waals surface area contributed by atoms with E-state index in [9.17, 15) is 0 Å². The Labute approximate surface area is 116 Å². The smallest absolute Gasteiger partial charge is 0.0703 e. The highest BCUT2D eigenvalue weighted by atomic mass is 15.3. The summed E-state index contributed by atoms with van der Waals surface area (Å²) in [4.78, 5) is 0. The highest BCUT2D eigenvalue weighted by molar-refractivity contribution is 5.81. The summed E-state index contributed by atoms with van der Waals surface area (Å²) in [6.45, 7) is 9.70. The van der Waals surface area contributed by atoms with E-state index in [1.54, 1.807) is 0 Å². The molecule has 1 unspecified atom stereocenters. The lowest BCUT2D eigenvalue weighted by Crippen LogP contribution is -2.20. The molecule has 0 aliphatic rings. The topological polar surface area (TPSA) is 29.9 Å². The standard InChI is InChI=1S/C16H25N3/c1-4-17-12-13(3)10-11-15-14-8-6-7-9-16(14)19(5-2)18-15/h6-9,13,17H,4-5,10-12H2,1-3H3. The van der Waals surface area contributed by atoms with E-state index in [1.807, 2.05) is 0 Å². The maximum Gasteiger partial charge on any atom is 0.0703 e. The summed E-state index contributed by atoms with van der Waals surface area (Å²) in [5.74, 6) is 0.700. The van der Waals surface area contributed by atoms with Crippen molar-refractivity contribution in [2.75, 3.05) is 13.1 Å². The van der Waals surface area contributed by atoms with E-state index in [1.165, 1.54) is 23.0 Å². The molecule has 1 atom stereocenters. The summed E-state index contributed by atoms with van der Waals surface area (Å²) in [7, 11) is 0. The molecule has 19 heavy (non-hydrogen) atoms. The molecule has 0 aliphatic heterocycles. The van der Waals surface area contributed by atoms with Gasteiger partial charge in [0.25, 0.3) is 0 Å². The zero-order valence-electron chi connectivity index (χ0n) is 12.3. The molecule has 0 fully saturated rings. The van der Waals surface area contributed by atoms with Crippen LogP contribution in [0.25, 0.3) is 10.9 Å². The second kappa shape index (κ2) is 6.71.